The lowest BCUT2D eigenvalue weighted by Crippen LogP contribution is -2.20. The Morgan fingerprint density at radius 2 is 0.650 bits per heavy atom. The summed E-state index contributed by atoms with van der Waals surface area (Å²) in [5, 5.41) is 4.19. The summed E-state index contributed by atoms with van der Waals surface area (Å²) in [4.78, 5) is 0. The molecule has 0 bridgehead atoms. The van der Waals surface area contributed by atoms with E-state index in [1.54, 1.807) is 0 Å². The topological polar surface area (TPSA) is 0 Å². The summed E-state index contributed by atoms with van der Waals surface area (Å²) >= 11 is 0. The Hall–Kier alpha value is -1.48. The van der Waals surface area contributed by atoms with Gasteiger partial charge in [-0.2, -0.15) is 0 Å². The summed E-state index contributed by atoms with van der Waals surface area (Å²) in [5.41, 5.74) is 0. The molecule has 3 rings (SSSR count). The van der Waals surface area contributed by atoms with Gasteiger partial charge >= 0.3 is 0 Å². The van der Waals surface area contributed by atoms with Crippen molar-refractivity contribution in [1.82, 2.24) is 0 Å². The average Bonchev–Trinajstić information content (AvgIpc) is 2.51. The Balaban J connectivity index is 0.00000147. The van der Waals surface area contributed by atoms with E-state index >= 15 is 0 Å². The largest absolute Gasteiger partial charge is 0.0622 e. The Morgan fingerprint density at radius 1 is 0.400 bits per heavy atom. The molecule has 0 spiro atoms. The fourth-order valence-electron chi connectivity index (χ4n) is 2.18. The third-order valence-electron chi connectivity index (χ3n) is 3.04. The van der Waals surface area contributed by atoms with Crippen LogP contribution < -0.4 is 15.9 Å². The van der Waals surface area contributed by atoms with Crippen molar-refractivity contribution in [2.75, 3.05) is 0 Å². The molecule has 0 amide bonds. The highest BCUT2D eigenvalue weighted by Crippen LogP contribution is 2.32. The van der Waals surface area contributed by atoms with Gasteiger partial charge in [-0.15, -0.1) is 0 Å². The molecule has 0 fully saturated rings. The molecule has 0 saturated heterocycles. The number of rotatable bonds is 3. The molecular weight excluding hydrogens is 278 g/mol. The van der Waals surface area contributed by atoms with Crippen LogP contribution in [0.1, 0.15) is 0 Å². The van der Waals surface area contributed by atoms with Gasteiger partial charge in [0.2, 0.25) is 0 Å². The van der Waals surface area contributed by atoms with Crippen LogP contribution >= 0.6 is 17.8 Å². The van der Waals surface area contributed by atoms with Crippen LogP contribution in [0.15, 0.2) is 91.0 Å². The summed E-state index contributed by atoms with van der Waals surface area (Å²) in [6.07, 6.45) is 0. The molecule has 0 nitrogen and oxygen atoms in total. The van der Waals surface area contributed by atoms with Gasteiger partial charge in [-0.05, 0) is 23.8 Å². The minimum absolute atomic E-state index is 0. The first kappa shape index (κ1) is 14.9. The van der Waals surface area contributed by atoms with Crippen molar-refractivity contribution in [3.63, 3.8) is 0 Å². The zero-order chi connectivity index (χ0) is 12.9. The van der Waals surface area contributed by atoms with Crippen molar-refractivity contribution < 1.29 is 0 Å². The summed E-state index contributed by atoms with van der Waals surface area (Å²) in [7, 11) is -0.446. The first-order valence-corrected chi connectivity index (χ1v) is 7.74. The van der Waals surface area contributed by atoms with Gasteiger partial charge in [-0.3, -0.25) is 0 Å². The van der Waals surface area contributed by atoms with Crippen molar-refractivity contribution in [2.24, 2.45) is 0 Å². The predicted molar refractivity (Wildman–Crippen MR) is 92.1 cm³/mol. The molecule has 97 valence electrons. The molecule has 2 heteroatoms. The first-order valence-electron chi connectivity index (χ1n) is 6.40. The molecule has 3 aromatic rings. The minimum Gasteiger partial charge on any atom is -0.0622 e. The molecule has 0 aliphatic heterocycles. The van der Waals surface area contributed by atoms with Gasteiger partial charge in [0.1, 0.15) is 0 Å². The number of hydrogen-bond donors (Lipinski definition) is 0. The van der Waals surface area contributed by atoms with E-state index in [1.807, 2.05) is 0 Å². The number of benzene rings is 3. The first-order chi connectivity index (χ1) is 9.45. The molecule has 20 heavy (non-hydrogen) atoms. The SMILES string of the molecule is [P].c1ccc(P(c2ccccc2)c2ccccc2)cc1. The van der Waals surface area contributed by atoms with Gasteiger partial charge in [0.25, 0.3) is 0 Å². The predicted octanol–water partition coefficient (Wildman–Crippen LogP) is 4.31. The van der Waals surface area contributed by atoms with Gasteiger partial charge in [0.15, 0.2) is 0 Å². The van der Waals surface area contributed by atoms with E-state index in [2.05, 4.69) is 91.0 Å². The van der Waals surface area contributed by atoms with Crippen molar-refractivity contribution >= 4 is 33.7 Å². The normalized spacial score (nSPS) is 10.1. The molecule has 3 aromatic carbocycles. The maximum absolute atomic E-state index is 2.23. The van der Waals surface area contributed by atoms with Crippen LogP contribution in [0.2, 0.25) is 0 Å². The Labute approximate surface area is 125 Å². The van der Waals surface area contributed by atoms with E-state index in [1.165, 1.54) is 15.9 Å². The molecule has 0 saturated carbocycles. The van der Waals surface area contributed by atoms with Crippen molar-refractivity contribution in [1.29, 1.82) is 0 Å². The minimum atomic E-state index is -0.446. The van der Waals surface area contributed by atoms with E-state index in [0.717, 1.165) is 0 Å². The van der Waals surface area contributed by atoms with E-state index in [0.29, 0.717) is 0 Å². The lowest BCUT2D eigenvalue weighted by atomic mass is 10.4. The van der Waals surface area contributed by atoms with Crippen LogP contribution in [0.5, 0.6) is 0 Å². The third-order valence-corrected chi connectivity index (χ3v) is 5.49. The molecule has 0 aliphatic rings. The quantitative estimate of drug-likeness (QED) is 0.631. The second-order valence-electron chi connectivity index (χ2n) is 4.34. The second kappa shape index (κ2) is 7.34. The van der Waals surface area contributed by atoms with Crippen LogP contribution in [0.3, 0.4) is 0 Å². The van der Waals surface area contributed by atoms with Gasteiger partial charge in [-0.25, -0.2) is 0 Å². The van der Waals surface area contributed by atoms with Crippen molar-refractivity contribution in [3.05, 3.63) is 91.0 Å². The Morgan fingerprint density at radius 3 is 0.900 bits per heavy atom. The van der Waals surface area contributed by atoms with Gasteiger partial charge in [0, 0.05) is 9.90 Å². The fraction of sp³-hybridized carbons (Fsp3) is 0. The average molecular weight is 293 g/mol. The summed E-state index contributed by atoms with van der Waals surface area (Å²) < 4.78 is 0. The van der Waals surface area contributed by atoms with Gasteiger partial charge < -0.3 is 0 Å². The third kappa shape index (κ3) is 3.34. The molecule has 0 heterocycles. The monoisotopic (exact) mass is 293 g/mol. The standard InChI is InChI=1S/C18H15P.P/c1-4-10-16(11-5-1)19(17-12-6-2-7-13-17)18-14-8-3-9-15-18;/h1-15H;. The van der Waals surface area contributed by atoms with Crippen LogP contribution in [0.25, 0.3) is 0 Å². The summed E-state index contributed by atoms with van der Waals surface area (Å²) in [5.74, 6) is 0. The zero-order valence-electron chi connectivity index (χ0n) is 11.1. The van der Waals surface area contributed by atoms with E-state index < -0.39 is 7.92 Å². The molecule has 0 atom stereocenters. The van der Waals surface area contributed by atoms with Crippen molar-refractivity contribution in [3.8, 4) is 0 Å². The highest BCUT2D eigenvalue weighted by Gasteiger charge is 2.14. The lowest BCUT2D eigenvalue weighted by Gasteiger charge is -2.18. The Kier molecular flexibility index (Phi) is 5.48. The van der Waals surface area contributed by atoms with E-state index in [-0.39, 0.29) is 9.90 Å². The maximum Gasteiger partial charge on any atom is 0 e. The van der Waals surface area contributed by atoms with Gasteiger partial charge in [0.05, 0.1) is 0 Å². The van der Waals surface area contributed by atoms with Crippen LogP contribution in [0, 0.1) is 0 Å². The molecule has 0 unspecified atom stereocenters. The fourth-order valence-corrected chi connectivity index (χ4v) is 4.48. The lowest BCUT2D eigenvalue weighted by molar-refractivity contribution is 1.74. The smallest absolute Gasteiger partial charge is 0 e. The van der Waals surface area contributed by atoms with Crippen LogP contribution in [-0.2, 0) is 0 Å². The molecule has 0 aliphatic carbocycles. The molecule has 0 N–H and O–H groups in total. The highest BCUT2D eigenvalue weighted by molar-refractivity contribution is 7.79. The summed E-state index contributed by atoms with van der Waals surface area (Å²) in [6, 6.07) is 32.3. The Bertz CT molecular complexity index is 527. The van der Waals surface area contributed by atoms with Gasteiger partial charge in [-0.1, -0.05) is 91.0 Å². The number of hydrogen-bond acceptors (Lipinski definition) is 0. The van der Waals surface area contributed by atoms with Crippen LogP contribution in [0.4, 0.5) is 0 Å². The molecular formula is C18H15P2. The molecule has 0 aromatic heterocycles. The zero-order valence-corrected chi connectivity index (χ0v) is 12.8. The molecule has 3 radical (unpaired) electrons. The maximum atomic E-state index is 2.23. The van der Waals surface area contributed by atoms with E-state index in [4.69, 9.17) is 0 Å². The summed E-state index contributed by atoms with van der Waals surface area (Å²) in [6.45, 7) is 0. The van der Waals surface area contributed by atoms with Crippen LogP contribution in [-0.4, -0.2) is 0 Å². The van der Waals surface area contributed by atoms with E-state index in [9.17, 15) is 0 Å². The highest BCUT2D eigenvalue weighted by atomic mass is 31.1. The van der Waals surface area contributed by atoms with Crippen molar-refractivity contribution in [2.45, 2.75) is 0 Å². The second-order valence-corrected chi connectivity index (χ2v) is 6.56.